The first-order valence-electron chi connectivity index (χ1n) is 6.79. The fraction of sp³-hybridized carbons (Fsp3) is 0.692. The normalized spacial score (nSPS) is 24.2. The summed E-state index contributed by atoms with van der Waals surface area (Å²) in [5, 5.41) is 3.00. The molecule has 2 heterocycles. The zero-order valence-electron chi connectivity index (χ0n) is 11.7. The number of ether oxygens (including phenoxy) is 1. The second kappa shape index (κ2) is 6.34. The summed E-state index contributed by atoms with van der Waals surface area (Å²) in [6.07, 6.45) is 3.60. The van der Waals surface area contributed by atoms with Crippen LogP contribution in [0.15, 0.2) is 5.51 Å². The van der Waals surface area contributed by atoms with Crippen LogP contribution in [-0.4, -0.2) is 34.7 Å². The lowest BCUT2D eigenvalue weighted by atomic mass is 10.00. The van der Waals surface area contributed by atoms with Gasteiger partial charge in [0.1, 0.15) is 5.00 Å². The number of hydrazine groups is 1. The summed E-state index contributed by atoms with van der Waals surface area (Å²) in [5.41, 5.74) is 5.42. The van der Waals surface area contributed by atoms with E-state index in [2.05, 4.69) is 29.3 Å². The Balaban J connectivity index is 2.10. The van der Waals surface area contributed by atoms with Crippen molar-refractivity contribution in [2.75, 3.05) is 12.0 Å². The first-order chi connectivity index (χ1) is 9.13. The molecule has 106 valence electrons. The highest BCUT2D eigenvalue weighted by molar-refractivity contribution is 7.14. The van der Waals surface area contributed by atoms with Crippen molar-refractivity contribution in [2.24, 2.45) is 0 Å². The van der Waals surface area contributed by atoms with Crippen LogP contribution in [0, 0.1) is 0 Å². The van der Waals surface area contributed by atoms with Gasteiger partial charge in [-0.1, -0.05) is 6.42 Å². The van der Waals surface area contributed by atoms with E-state index in [4.69, 9.17) is 4.74 Å². The maximum absolute atomic E-state index is 11.8. The third-order valence-electron chi connectivity index (χ3n) is 3.46. The lowest BCUT2D eigenvalue weighted by Gasteiger charge is -2.39. The number of hydrogen-bond acceptors (Lipinski definition) is 6. The summed E-state index contributed by atoms with van der Waals surface area (Å²) in [6, 6.07) is 0.918. The minimum absolute atomic E-state index is 0.358. The highest BCUT2D eigenvalue weighted by Crippen LogP contribution is 2.27. The number of nitrogens with zero attached hydrogens (tertiary/aromatic N) is 2. The van der Waals surface area contributed by atoms with Crippen molar-refractivity contribution >= 4 is 22.3 Å². The van der Waals surface area contributed by atoms with Crippen LogP contribution < -0.4 is 5.43 Å². The lowest BCUT2D eigenvalue weighted by Crippen LogP contribution is -2.47. The van der Waals surface area contributed by atoms with Crippen LogP contribution in [0.25, 0.3) is 0 Å². The van der Waals surface area contributed by atoms with E-state index >= 15 is 0 Å². The molecule has 1 N–H and O–H groups in total. The molecule has 0 aliphatic carbocycles. The Morgan fingerprint density at radius 2 is 2.21 bits per heavy atom. The third-order valence-corrected chi connectivity index (χ3v) is 4.19. The molecule has 0 spiro atoms. The topological polar surface area (TPSA) is 54.5 Å². The molecule has 1 aliphatic heterocycles. The number of thiazole rings is 1. The molecule has 2 rings (SSSR count). The van der Waals surface area contributed by atoms with Crippen LogP contribution in [0.1, 0.15) is 50.5 Å². The minimum atomic E-state index is -0.358. The van der Waals surface area contributed by atoms with Crippen molar-refractivity contribution in [3.05, 3.63) is 11.2 Å². The Labute approximate surface area is 117 Å². The maximum atomic E-state index is 11.8. The van der Waals surface area contributed by atoms with Crippen LogP contribution in [0.3, 0.4) is 0 Å². The Morgan fingerprint density at radius 3 is 2.84 bits per heavy atom. The summed E-state index contributed by atoms with van der Waals surface area (Å²) in [4.78, 5) is 15.9. The van der Waals surface area contributed by atoms with E-state index in [0.717, 1.165) is 5.00 Å². The molecular weight excluding hydrogens is 262 g/mol. The molecule has 0 radical (unpaired) electrons. The number of aromatic nitrogens is 1. The van der Waals surface area contributed by atoms with Crippen LogP contribution in [0.5, 0.6) is 0 Å². The summed E-state index contributed by atoms with van der Waals surface area (Å²) in [7, 11) is 0. The number of rotatable bonds is 4. The van der Waals surface area contributed by atoms with Gasteiger partial charge in [-0.15, -0.1) is 11.3 Å². The molecule has 1 aromatic rings. The summed E-state index contributed by atoms with van der Waals surface area (Å²) < 4.78 is 5.02. The van der Waals surface area contributed by atoms with Crippen LogP contribution >= 0.6 is 11.3 Å². The number of carbonyl (C=O) groups excluding carboxylic acids is 1. The summed E-state index contributed by atoms with van der Waals surface area (Å²) in [6.45, 7) is 6.57. The Morgan fingerprint density at radius 1 is 1.53 bits per heavy atom. The van der Waals surface area contributed by atoms with E-state index in [1.807, 2.05) is 0 Å². The zero-order chi connectivity index (χ0) is 13.8. The average Bonchev–Trinajstić information content (AvgIpc) is 2.82. The van der Waals surface area contributed by atoms with Gasteiger partial charge in [-0.05, 0) is 33.6 Å². The third kappa shape index (κ3) is 3.25. The molecule has 5 nitrogen and oxygen atoms in total. The zero-order valence-corrected chi connectivity index (χ0v) is 12.5. The predicted octanol–water partition coefficient (Wildman–Crippen LogP) is 2.91. The number of nitrogens with one attached hydrogen (secondary N) is 1. The van der Waals surface area contributed by atoms with Crippen LogP contribution in [-0.2, 0) is 4.74 Å². The molecule has 1 fully saturated rings. The number of hydrogen-bond donors (Lipinski definition) is 1. The van der Waals surface area contributed by atoms with Crippen molar-refractivity contribution in [3.8, 4) is 0 Å². The highest BCUT2D eigenvalue weighted by atomic mass is 32.1. The van der Waals surface area contributed by atoms with Crippen molar-refractivity contribution in [1.29, 1.82) is 0 Å². The number of carbonyl (C=O) groups is 1. The molecule has 0 aromatic carbocycles. The van der Waals surface area contributed by atoms with Gasteiger partial charge in [0.2, 0.25) is 0 Å². The van der Waals surface area contributed by atoms with E-state index in [-0.39, 0.29) is 5.97 Å². The standard InChI is InChI=1S/C13H21N3O2S/c1-4-18-13(17)11-12(19-8-14-11)15-16-9(2)6-5-7-10(16)3/h8-10,15H,4-7H2,1-3H3. The summed E-state index contributed by atoms with van der Waals surface area (Å²) >= 11 is 1.44. The van der Waals surface area contributed by atoms with Crippen molar-refractivity contribution in [1.82, 2.24) is 9.99 Å². The minimum Gasteiger partial charge on any atom is -0.461 e. The SMILES string of the molecule is CCOC(=O)c1ncsc1NN1C(C)CCCC1C. The lowest BCUT2D eigenvalue weighted by molar-refractivity contribution is 0.0520. The van der Waals surface area contributed by atoms with Crippen LogP contribution in [0.4, 0.5) is 5.00 Å². The van der Waals surface area contributed by atoms with E-state index < -0.39 is 0 Å². The van der Waals surface area contributed by atoms with Crippen molar-refractivity contribution in [3.63, 3.8) is 0 Å². The molecule has 1 saturated heterocycles. The number of piperidine rings is 1. The van der Waals surface area contributed by atoms with Gasteiger partial charge in [-0.2, -0.15) is 0 Å². The quantitative estimate of drug-likeness (QED) is 0.861. The number of esters is 1. The van der Waals surface area contributed by atoms with Gasteiger partial charge < -0.3 is 10.2 Å². The molecule has 2 unspecified atom stereocenters. The van der Waals surface area contributed by atoms with Gasteiger partial charge in [-0.3, -0.25) is 0 Å². The largest absolute Gasteiger partial charge is 0.461 e. The van der Waals surface area contributed by atoms with E-state index in [1.54, 1.807) is 12.4 Å². The smallest absolute Gasteiger partial charge is 0.360 e. The van der Waals surface area contributed by atoms with Gasteiger partial charge in [-0.25, -0.2) is 14.8 Å². The second-order valence-electron chi connectivity index (χ2n) is 4.90. The second-order valence-corrected chi connectivity index (χ2v) is 5.75. The predicted molar refractivity (Wildman–Crippen MR) is 76.3 cm³/mol. The van der Waals surface area contributed by atoms with Gasteiger partial charge in [0.25, 0.3) is 0 Å². The average molecular weight is 283 g/mol. The molecule has 1 aromatic heterocycles. The molecule has 1 aliphatic rings. The Bertz CT molecular complexity index is 425. The van der Waals surface area contributed by atoms with E-state index in [0.29, 0.717) is 24.4 Å². The molecular formula is C13H21N3O2S. The van der Waals surface area contributed by atoms with Crippen molar-refractivity contribution < 1.29 is 9.53 Å². The Kier molecular flexibility index (Phi) is 4.76. The van der Waals surface area contributed by atoms with Gasteiger partial charge in [0.15, 0.2) is 5.69 Å². The summed E-state index contributed by atoms with van der Waals surface area (Å²) in [5.74, 6) is -0.358. The van der Waals surface area contributed by atoms with Gasteiger partial charge >= 0.3 is 5.97 Å². The fourth-order valence-corrected chi connectivity index (χ4v) is 3.10. The monoisotopic (exact) mass is 283 g/mol. The van der Waals surface area contributed by atoms with E-state index in [1.165, 1.54) is 30.6 Å². The fourth-order valence-electron chi connectivity index (χ4n) is 2.43. The first-order valence-corrected chi connectivity index (χ1v) is 7.67. The van der Waals surface area contributed by atoms with Crippen molar-refractivity contribution in [2.45, 2.75) is 52.1 Å². The molecule has 6 heteroatoms. The molecule has 0 bridgehead atoms. The van der Waals surface area contributed by atoms with E-state index in [9.17, 15) is 4.79 Å². The molecule has 19 heavy (non-hydrogen) atoms. The van der Waals surface area contributed by atoms with Crippen LogP contribution in [0.2, 0.25) is 0 Å². The maximum Gasteiger partial charge on any atom is 0.360 e. The van der Waals surface area contributed by atoms with Gasteiger partial charge in [0.05, 0.1) is 12.1 Å². The Hall–Kier alpha value is -1.14. The first kappa shape index (κ1) is 14.3. The number of anilines is 1. The molecule has 0 amide bonds. The van der Waals surface area contributed by atoms with Gasteiger partial charge in [0, 0.05) is 12.1 Å². The molecule has 0 saturated carbocycles. The highest BCUT2D eigenvalue weighted by Gasteiger charge is 2.27. The molecule has 2 atom stereocenters.